The number of carbonyl (C=O) groups excluding carboxylic acids is 1. The number of nitrogen functional groups attached to an aromatic ring is 1. The van der Waals surface area contributed by atoms with Gasteiger partial charge in [0.25, 0.3) is 0 Å². The third-order valence-electron chi connectivity index (χ3n) is 3.32. The second-order valence-electron chi connectivity index (χ2n) is 4.68. The maximum atomic E-state index is 13.4. The molecule has 5 heteroatoms. The first kappa shape index (κ1) is 11.1. The Kier molecular flexibility index (Phi) is 2.47. The van der Waals surface area contributed by atoms with E-state index in [1.807, 2.05) is 11.0 Å². The SMILES string of the molecule is Nc1cc2[nH]c(N3CCCC(=O)C3)cc2cc1F. The van der Waals surface area contributed by atoms with Gasteiger partial charge in [0.15, 0.2) is 5.78 Å². The number of nitrogens with zero attached hydrogens (tertiary/aromatic N) is 1. The number of hydrogen-bond acceptors (Lipinski definition) is 3. The van der Waals surface area contributed by atoms with Gasteiger partial charge in [-0.1, -0.05) is 0 Å². The topological polar surface area (TPSA) is 62.1 Å². The molecule has 2 aromatic rings. The monoisotopic (exact) mass is 247 g/mol. The summed E-state index contributed by atoms with van der Waals surface area (Å²) in [5.74, 6) is 0.677. The molecule has 1 aliphatic heterocycles. The molecule has 0 radical (unpaired) electrons. The largest absolute Gasteiger partial charge is 0.396 e. The number of carbonyl (C=O) groups is 1. The van der Waals surface area contributed by atoms with Gasteiger partial charge >= 0.3 is 0 Å². The Bertz CT molecular complexity index is 581. The van der Waals surface area contributed by atoms with E-state index in [1.165, 1.54) is 6.07 Å². The summed E-state index contributed by atoms with van der Waals surface area (Å²) in [6.45, 7) is 1.27. The highest BCUT2D eigenvalue weighted by Crippen LogP contribution is 2.26. The molecule has 18 heavy (non-hydrogen) atoms. The number of halogens is 1. The lowest BCUT2D eigenvalue weighted by molar-refractivity contribution is -0.118. The lowest BCUT2D eigenvalue weighted by Crippen LogP contribution is -2.35. The molecule has 0 aliphatic carbocycles. The molecule has 1 aromatic heterocycles. The van der Waals surface area contributed by atoms with Crippen LogP contribution in [0.5, 0.6) is 0 Å². The molecule has 0 unspecified atom stereocenters. The van der Waals surface area contributed by atoms with Gasteiger partial charge in [-0.05, 0) is 24.6 Å². The van der Waals surface area contributed by atoms with Gasteiger partial charge in [0.1, 0.15) is 11.6 Å². The summed E-state index contributed by atoms with van der Waals surface area (Å²) in [5.41, 5.74) is 6.46. The zero-order valence-electron chi connectivity index (χ0n) is 9.87. The summed E-state index contributed by atoms with van der Waals surface area (Å²) in [7, 11) is 0. The highest BCUT2D eigenvalue weighted by Gasteiger charge is 2.18. The fraction of sp³-hybridized carbons (Fsp3) is 0.308. The van der Waals surface area contributed by atoms with Crippen LogP contribution < -0.4 is 10.6 Å². The van der Waals surface area contributed by atoms with Gasteiger partial charge in [0.05, 0.1) is 12.2 Å². The van der Waals surface area contributed by atoms with Crippen molar-refractivity contribution in [1.82, 2.24) is 4.98 Å². The van der Waals surface area contributed by atoms with Crippen molar-refractivity contribution < 1.29 is 9.18 Å². The molecule has 0 amide bonds. The highest BCUT2D eigenvalue weighted by molar-refractivity contribution is 5.89. The van der Waals surface area contributed by atoms with Crippen LogP contribution in [0.1, 0.15) is 12.8 Å². The lowest BCUT2D eigenvalue weighted by atomic mass is 10.1. The number of anilines is 2. The quantitative estimate of drug-likeness (QED) is 0.758. The van der Waals surface area contributed by atoms with Crippen molar-refractivity contribution in [1.29, 1.82) is 0 Å². The van der Waals surface area contributed by atoms with Gasteiger partial charge in [0, 0.05) is 23.9 Å². The fourth-order valence-electron chi connectivity index (χ4n) is 2.37. The molecular weight excluding hydrogens is 233 g/mol. The summed E-state index contributed by atoms with van der Waals surface area (Å²) in [6.07, 6.45) is 1.52. The van der Waals surface area contributed by atoms with Crippen molar-refractivity contribution in [3.05, 3.63) is 24.0 Å². The Hall–Kier alpha value is -2.04. The van der Waals surface area contributed by atoms with Crippen LogP contribution in [-0.2, 0) is 4.79 Å². The van der Waals surface area contributed by atoms with Gasteiger partial charge in [-0.3, -0.25) is 4.79 Å². The Morgan fingerprint density at radius 3 is 2.94 bits per heavy atom. The summed E-state index contributed by atoms with van der Waals surface area (Å²) < 4.78 is 13.4. The van der Waals surface area contributed by atoms with Crippen LogP contribution in [0, 0.1) is 5.82 Å². The molecule has 1 fully saturated rings. The van der Waals surface area contributed by atoms with Crippen molar-refractivity contribution >= 4 is 28.2 Å². The summed E-state index contributed by atoms with van der Waals surface area (Å²) >= 11 is 0. The van der Waals surface area contributed by atoms with Crippen molar-refractivity contribution in [3.63, 3.8) is 0 Å². The number of Topliss-reactive ketones (excluding diaryl/α,β-unsaturated/α-hetero) is 1. The second kappa shape index (κ2) is 4.01. The van der Waals surface area contributed by atoms with Gasteiger partial charge in [0.2, 0.25) is 0 Å². The van der Waals surface area contributed by atoms with Crippen LogP contribution in [-0.4, -0.2) is 23.9 Å². The molecule has 0 spiro atoms. The fourth-order valence-corrected chi connectivity index (χ4v) is 2.37. The first-order chi connectivity index (χ1) is 8.63. The predicted molar refractivity (Wildman–Crippen MR) is 69.1 cm³/mol. The molecule has 1 aliphatic rings. The minimum atomic E-state index is -0.414. The Labute approximate surface area is 104 Å². The number of aromatic nitrogens is 1. The molecule has 1 aromatic carbocycles. The van der Waals surface area contributed by atoms with Crippen LogP contribution in [0.3, 0.4) is 0 Å². The molecule has 4 nitrogen and oxygen atoms in total. The van der Waals surface area contributed by atoms with Gasteiger partial charge in [-0.25, -0.2) is 4.39 Å². The van der Waals surface area contributed by atoms with E-state index in [0.717, 1.165) is 29.7 Å². The number of hydrogen-bond donors (Lipinski definition) is 2. The Morgan fingerprint density at radius 2 is 2.17 bits per heavy atom. The number of fused-ring (bicyclic) bond motifs is 1. The molecule has 0 bridgehead atoms. The van der Waals surface area contributed by atoms with Crippen molar-refractivity contribution in [3.8, 4) is 0 Å². The van der Waals surface area contributed by atoms with E-state index >= 15 is 0 Å². The van der Waals surface area contributed by atoms with Crippen LogP contribution >= 0.6 is 0 Å². The number of H-pyrrole nitrogens is 1. The molecule has 3 N–H and O–H groups in total. The highest BCUT2D eigenvalue weighted by atomic mass is 19.1. The lowest BCUT2D eigenvalue weighted by Gasteiger charge is -2.26. The minimum Gasteiger partial charge on any atom is -0.396 e. The van der Waals surface area contributed by atoms with Gasteiger partial charge in [-0.2, -0.15) is 0 Å². The molecule has 1 saturated heterocycles. The second-order valence-corrected chi connectivity index (χ2v) is 4.68. The predicted octanol–water partition coefficient (Wildman–Crippen LogP) is 2.06. The molecule has 3 rings (SSSR count). The third-order valence-corrected chi connectivity index (χ3v) is 3.32. The van der Waals surface area contributed by atoms with Crippen LogP contribution in [0.2, 0.25) is 0 Å². The number of ketones is 1. The zero-order chi connectivity index (χ0) is 12.7. The van der Waals surface area contributed by atoms with Crippen molar-refractivity contribution in [2.45, 2.75) is 12.8 Å². The molecular formula is C13H14FN3O. The van der Waals surface area contributed by atoms with E-state index < -0.39 is 5.82 Å². The normalized spacial score (nSPS) is 16.5. The summed E-state index contributed by atoms with van der Waals surface area (Å²) in [5, 5.41) is 0.773. The number of nitrogens with two attached hydrogens (primary N) is 1. The number of aromatic amines is 1. The molecule has 2 heterocycles. The average Bonchev–Trinajstić information content (AvgIpc) is 2.73. The van der Waals surface area contributed by atoms with Crippen molar-refractivity contribution in [2.24, 2.45) is 0 Å². The average molecular weight is 247 g/mol. The Balaban J connectivity index is 2.00. The maximum Gasteiger partial charge on any atom is 0.152 e. The zero-order valence-corrected chi connectivity index (χ0v) is 9.87. The van der Waals surface area contributed by atoms with Gasteiger partial charge in [-0.15, -0.1) is 0 Å². The standard InChI is InChI=1S/C13H14FN3O/c14-10-4-8-5-13(16-12(8)6-11(10)15)17-3-1-2-9(18)7-17/h4-6,16H,1-3,7,15H2. The molecule has 0 atom stereocenters. The van der Waals surface area contributed by atoms with E-state index in [0.29, 0.717) is 13.0 Å². The number of benzene rings is 1. The summed E-state index contributed by atoms with van der Waals surface area (Å²) in [4.78, 5) is 16.6. The van der Waals surface area contributed by atoms with Crippen LogP contribution in [0.25, 0.3) is 10.9 Å². The van der Waals surface area contributed by atoms with Crippen molar-refractivity contribution in [2.75, 3.05) is 23.7 Å². The van der Waals surface area contributed by atoms with Crippen LogP contribution in [0.4, 0.5) is 15.9 Å². The first-order valence-electron chi connectivity index (χ1n) is 5.98. The number of nitrogens with one attached hydrogen (secondary N) is 1. The maximum absolute atomic E-state index is 13.4. The van der Waals surface area contributed by atoms with Gasteiger partial charge < -0.3 is 15.6 Å². The number of rotatable bonds is 1. The van der Waals surface area contributed by atoms with E-state index in [4.69, 9.17) is 5.73 Å². The smallest absolute Gasteiger partial charge is 0.152 e. The number of piperidine rings is 1. The van der Waals surface area contributed by atoms with E-state index in [9.17, 15) is 9.18 Å². The Morgan fingerprint density at radius 1 is 1.33 bits per heavy atom. The first-order valence-corrected chi connectivity index (χ1v) is 5.98. The summed E-state index contributed by atoms with van der Waals surface area (Å²) in [6, 6.07) is 4.85. The third kappa shape index (κ3) is 1.81. The molecule has 94 valence electrons. The van der Waals surface area contributed by atoms with E-state index in [2.05, 4.69) is 4.98 Å². The van der Waals surface area contributed by atoms with E-state index in [-0.39, 0.29) is 11.5 Å². The van der Waals surface area contributed by atoms with E-state index in [1.54, 1.807) is 6.07 Å². The molecule has 0 saturated carbocycles. The van der Waals surface area contributed by atoms with Crippen LogP contribution in [0.15, 0.2) is 18.2 Å². The minimum absolute atomic E-state index is 0.130.